The molecule has 2 fully saturated rings. The Morgan fingerprint density at radius 2 is 1.72 bits per heavy atom. The number of piperidine rings is 1. The lowest BCUT2D eigenvalue weighted by Crippen LogP contribution is -2.41. The molecule has 2 aromatic rings. The number of hydrogen-bond donors (Lipinski definition) is 2. The summed E-state index contributed by atoms with van der Waals surface area (Å²) in [5.41, 5.74) is -0.641. The van der Waals surface area contributed by atoms with E-state index in [1.807, 2.05) is 4.90 Å². The molecule has 8 heteroatoms. The average Bonchev–Trinajstić information content (AvgIpc) is 3.53. The minimum atomic E-state index is -4.66. The lowest BCUT2D eigenvalue weighted by atomic mass is 9.74. The SMILES string of the molecule is CC1(c2ccc(F)cc2)CCN(Cc2ccn(C(=N)CC3CC3)c(=N)c2C(F)(F)F)CC1. The Kier molecular flexibility index (Phi) is 6.00. The first-order valence-corrected chi connectivity index (χ1v) is 11.0. The van der Waals surface area contributed by atoms with Crippen LogP contribution in [0.15, 0.2) is 36.5 Å². The molecule has 1 aromatic carbocycles. The van der Waals surface area contributed by atoms with Crippen molar-refractivity contribution in [1.29, 1.82) is 10.8 Å². The quantitative estimate of drug-likeness (QED) is 0.364. The van der Waals surface area contributed by atoms with Crippen LogP contribution in [0.5, 0.6) is 0 Å². The number of nitrogens with one attached hydrogen (secondary N) is 2. The van der Waals surface area contributed by atoms with Gasteiger partial charge in [-0.2, -0.15) is 13.2 Å². The number of pyridine rings is 1. The zero-order valence-corrected chi connectivity index (χ0v) is 18.1. The molecule has 0 spiro atoms. The van der Waals surface area contributed by atoms with Crippen LogP contribution in [-0.4, -0.2) is 28.4 Å². The molecule has 32 heavy (non-hydrogen) atoms. The molecule has 1 aromatic heterocycles. The first-order valence-electron chi connectivity index (χ1n) is 11.0. The molecule has 172 valence electrons. The molecule has 2 heterocycles. The van der Waals surface area contributed by atoms with Crippen LogP contribution < -0.4 is 5.49 Å². The predicted octanol–water partition coefficient (Wildman–Crippen LogP) is 5.30. The summed E-state index contributed by atoms with van der Waals surface area (Å²) in [6.07, 6.45) is 0.678. The summed E-state index contributed by atoms with van der Waals surface area (Å²) >= 11 is 0. The highest BCUT2D eigenvalue weighted by atomic mass is 19.4. The maximum Gasteiger partial charge on any atom is 0.420 e. The maximum absolute atomic E-state index is 13.9. The molecule has 2 aliphatic rings. The van der Waals surface area contributed by atoms with Crippen molar-refractivity contribution in [2.24, 2.45) is 5.92 Å². The molecule has 0 bridgehead atoms. The van der Waals surface area contributed by atoms with Crippen LogP contribution in [0.2, 0.25) is 0 Å². The fourth-order valence-electron chi connectivity index (χ4n) is 4.55. The highest BCUT2D eigenvalue weighted by Crippen LogP contribution is 2.37. The fraction of sp³-hybridized carbons (Fsp3) is 0.500. The van der Waals surface area contributed by atoms with Gasteiger partial charge >= 0.3 is 6.18 Å². The molecular weight excluding hydrogens is 420 g/mol. The van der Waals surface area contributed by atoms with E-state index < -0.39 is 17.2 Å². The van der Waals surface area contributed by atoms with Crippen molar-refractivity contribution in [2.75, 3.05) is 13.1 Å². The highest BCUT2D eigenvalue weighted by molar-refractivity contribution is 5.81. The van der Waals surface area contributed by atoms with Gasteiger partial charge < -0.3 is 0 Å². The zero-order chi connectivity index (χ0) is 23.1. The standard InChI is InChI=1S/C24H28F4N4/c1-23(18-4-6-19(25)7-5-18)9-12-31(13-10-23)15-17-8-11-32(20(29)14-16-2-3-16)22(30)21(17)24(26,27)28/h4-8,11,16,29-30H,2-3,9-10,12-15H2,1H3. The van der Waals surface area contributed by atoms with Gasteiger partial charge in [0.25, 0.3) is 0 Å². The molecule has 0 unspecified atom stereocenters. The normalized spacial score (nSPS) is 19.2. The van der Waals surface area contributed by atoms with Crippen molar-refractivity contribution in [3.8, 4) is 0 Å². The fourth-order valence-corrected chi connectivity index (χ4v) is 4.55. The van der Waals surface area contributed by atoms with Gasteiger partial charge in [-0.3, -0.25) is 20.3 Å². The van der Waals surface area contributed by atoms with E-state index in [1.54, 1.807) is 12.1 Å². The molecule has 1 saturated carbocycles. The molecule has 1 saturated heterocycles. The number of aromatic nitrogens is 1. The second-order valence-electron chi connectivity index (χ2n) is 9.37. The third kappa shape index (κ3) is 4.80. The van der Waals surface area contributed by atoms with Gasteiger partial charge in [-0.1, -0.05) is 19.1 Å². The van der Waals surface area contributed by atoms with Gasteiger partial charge in [-0.15, -0.1) is 0 Å². The molecule has 1 aliphatic carbocycles. The van der Waals surface area contributed by atoms with E-state index in [-0.39, 0.29) is 29.2 Å². The largest absolute Gasteiger partial charge is 0.420 e. The van der Waals surface area contributed by atoms with E-state index in [0.717, 1.165) is 35.8 Å². The number of hydrogen-bond acceptors (Lipinski definition) is 3. The molecule has 2 N–H and O–H groups in total. The van der Waals surface area contributed by atoms with Crippen LogP contribution in [0.25, 0.3) is 0 Å². The molecule has 1 aliphatic heterocycles. The average molecular weight is 449 g/mol. The topological polar surface area (TPSA) is 55.9 Å². The summed E-state index contributed by atoms with van der Waals surface area (Å²) in [4.78, 5) is 1.98. The van der Waals surface area contributed by atoms with E-state index >= 15 is 0 Å². The molecule has 4 nitrogen and oxygen atoms in total. The van der Waals surface area contributed by atoms with E-state index in [9.17, 15) is 17.6 Å². The lowest BCUT2D eigenvalue weighted by molar-refractivity contribution is -0.140. The zero-order valence-electron chi connectivity index (χ0n) is 18.1. The van der Waals surface area contributed by atoms with Crippen molar-refractivity contribution < 1.29 is 17.6 Å². The van der Waals surface area contributed by atoms with Gasteiger partial charge in [0.2, 0.25) is 0 Å². The van der Waals surface area contributed by atoms with Gasteiger partial charge in [0.1, 0.15) is 22.7 Å². The number of nitrogens with zero attached hydrogens (tertiary/aromatic N) is 2. The monoisotopic (exact) mass is 448 g/mol. The number of alkyl halides is 3. The van der Waals surface area contributed by atoms with E-state index in [4.69, 9.17) is 10.8 Å². The Balaban J connectivity index is 1.51. The molecule has 0 radical (unpaired) electrons. The van der Waals surface area contributed by atoms with Crippen LogP contribution in [0.3, 0.4) is 0 Å². The maximum atomic E-state index is 13.9. The van der Waals surface area contributed by atoms with Gasteiger partial charge in [0.15, 0.2) is 0 Å². The first kappa shape index (κ1) is 22.7. The van der Waals surface area contributed by atoms with Gasteiger partial charge in [0.05, 0.1) is 0 Å². The molecular formula is C24H28F4N4. The first-order chi connectivity index (χ1) is 15.1. The van der Waals surface area contributed by atoms with E-state index in [0.29, 0.717) is 25.4 Å². The summed E-state index contributed by atoms with van der Waals surface area (Å²) in [5, 5.41) is 16.3. The second-order valence-corrected chi connectivity index (χ2v) is 9.37. The summed E-state index contributed by atoms with van der Waals surface area (Å²) in [7, 11) is 0. The molecule has 4 rings (SSSR count). The Morgan fingerprint density at radius 1 is 1.09 bits per heavy atom. The number of halogens is 4. The lowest BCUT2D eigenvalue weighted by Gasteiger charge is -2.40. The minimum Gasteiger partial charge on any atom is -0.299 e. The summed E-state index contributed by atoms with van der Waals surface area (Å²) < 4.78 is 56.0. The van der Waals surface area contributed by atoms with E-state index in [2.05, 4.69) is 6.92 Å². The Hall–Kier alpha value is -2.48. The van der Waals surface area contributed by atoms with Crippen molar-refractivity contribution in [1.82, 2.24) is 9.47 Å². The third-order valence-electron chi connectivity index (χ3n) is 6.87. The Bertz CT molecular complexity index is 1040. The third-order valence-corrected chi connectivity index (χ3v) is 6.87. The van der Waals surface area contributed by atoms with Gasteiger partial charge in [-0.05, 0) is 79.4 Å². The van der Waals surface area contributed by atoms with Crippen molar-refractivity contribution in [3.63, 3.8) is 0 Å². The number of benzene rings is 1. The summed E-state index contributed by atoms with van der Waals surface area (Å²) in [6.45, 7) is 3.45. The van der Waals surface area contributed by atoms with Crippen molar-refractivity contribution >= 4 is 5.84 Å². The minimum absolute atomic E-state index is 0.0441. The van der Waals surface area contributed by atoms with Gasteiger partial charge in [0, 0.05) is 19.2 Å². The summed E-state index contributed by atoms with van der Waals surface area (Å²) in [6, 6.07) is 7.87. The highest BCUT2D eigenvalue weighted by Gasteiger charge is 2.38. The summed E-state index contributed by atoms with van der Waals surface area (Å²) in [5.74, 6) is 0.113. The van der Waals surface area contributed by atoms with Crippen LogP contribution in [0, 0.1) is 22.6 Å². The van der Waals surface area contributed by atoms with Crippen molar-refractivity contribution in [3.05, 3.63) is 64.5 Å². The van der Waals surface area contributed by atoms with E-state index in [1.165, 1.54) is 24.4 Å². The van der Waals surface area contributed by atoms with Gasteiger partial charge in [-0.25, -0.2) is 4.39 Å². The molecule has 0 atom stereocenters. The Labute approximate surface area is 184 Å². The number of rotatable bonds is 5. The smallest absolute Gasteiger partial charge is 0.299 e. The van der Waals surface area contributed by atoms with Crippen LogP contribution in [0.4, 0.5) is 17.6 Å². The van der Waals surface area contributed by atoms with Crippen molar-refractivity contribution in [2.45, 2.75) is 57.2 Å². The predicted molar refractivity (Wildman–Crippen MR) is 114 cm³/mol. The van der Waals surface area contributed by atoms with Crippen LogP contribution in [-0.2, 0) is 18.1 Å². The van der Waals surface area contributed by atoms with Crippen LogP contribution >= 0.6 is 0 Å². The van der Waals surface area contributed by atoms with Crippen LogP contribution in [0.1, 0.15) is 55.7 Å². The Morgan fingerprint density at radius 3 is 2.28 bits per heavy atom. The second kappa shape index (κ2) is 8.46. The molecule has 0 amide bonds. The number of likely N-dealkylation sites (tertiary alicyclic amines) is 1.